The van der Waals surface area contributed by atoms with Crippen molar-refractivity contribution in [2.45, 2.75) is 32.7 Å². The van der Waals surface area contributed by atoms with Gasteiger partial charge in [-0.05, 0) is 26.3 Å². The van der Waals surface area contributed by atoms with Crippen molar-refractivity contribution in [3.05, 3.63) is 17.5 Å². The SMILES string of the molecule is Cc1[nH]ncc1CNCCCCC(N)=O. The maximum absolute atomic E-state index is 10.5. The molecule has 1 rings (SSSR count). The molecule has 15 heavy (non-hydrogen) atoms. The molecule has 5 nitrogen and oxygen atoms in total. The minimum absolute atomic E-state index is 0.222. The highest BCUT2D eigenvalue weighted by molar-refractivity contribution is 5.73. The van der Waals surface area contributed by atoms with Crippen LogP contribution < -0.4 is 11.1 Å². The lowest BCUT2D eigenvalue weighted by atomic mass is 10.2. The van der Waals surface area contributed by atoms with Crippen molar-refractivity contribution >= 4 is 5.91 Å². The molecule has 0 aliphatic rings. The lowest BCUT2D eigenvalue weighted by Gasteiger charge is -2.02. The number of amides is 1. The molecule has 0 unspecified atom stereocenters. The first-order chi connectivity index (χ1) is 7.20. The number of carbonyl (C=O) groups excluding carboxylic acids is 1. The Balaban J connectivity index is 2.03. The van der Waals surface area contributed by atoms with E-state index in [1.54, 1.807) is 0 Å². The third-order valence-corrected chi connectivity index (χ3v) is 2.28. The molecular formula is C10H18N4O. The highest BCUT2D eigenvalue weighted by atomic mass is 16.1. The molecular weight excluding hydrogens is 192 g/mol. The van der Waals surface area contributed by atoms with Gasteiger partial charge in [0.25, 0.3) is 0 Å². The number of H-pyrrole nitrogens is 1. The normalized spacial score (nSPS) is 10.5. The van der Waals surface area contributed by atoms with E-state index in [2.05, 4.69) is 15.5 Å². The summed E-state index contributed by atoms with van der Waals surface area (Å²) in [5, 5.41) is 10.1. The zero-order valence-corrected chi connectivity index (χ0v) is 9.05. The average molecular weight is 210 g/mol. The molecule has 0 aliphatic heterocycles. The van der Waals surface area contributed by atoms with Gasteiger partial charge in [0.2, 0.25) is 5.91 Å². The summed E-state index contributed by atoms with van der Waals surface area (Å²) in [5.41, 5.74) is 7.31. The number of aryl methyl sites for hydroxylation is 1. The fourth-order valence-electron chi connectivity index (χ4n) is 1.33. The lowest BCUT2D eigenvalue weighted by molar-refractivity contribution is -0.118. The molecule has 0 saturated heterocycles. The fourth-order valence-corrected chi connectivity index (χ4v) is 1.33. The first-order valence-electron chi connectivity index (χ1n) is 5.18. The molecule has 5 heteroatoms. The molecule has 1 amide bonds. The predicted molar refractivity (Wildman–Crippen MR) is 58.1 cm³/mol. The van der Waals surface area contributed by atoms with Gasteiger partial charge in [-0.15, -0.1) is 0 Å². The van der Waals surface area contributed by atoms with E-state index in [4.69, 9.17) is 5.73 Å². The largest absolute Gasteiger partial charge is 0.370 e. The fraction of sp³-hybridized carbons (Fsp3) is 0.600. The van der Waals surface area contributed by atoms with Crippen LogP contribution in [-0.2, 0) is 11.3 Å². The molecule has 0 radical (unpaired) electrons. The Labute approximate surface area is 89.4 Å². The molecule has 1 aromatic rings. The van der Waals surface area contributed by atoms with Crippen LogP contribution in [0.15, 0.2) is 6.20 Å². The second kappa shape index (κ2) is 6.19. The van der Waals surface area contributed by atoms with Crippen molar-refractivity contribution in [1.82, 2.24) is 15.5 Å². The van der Waals surface area contributed by atoms with Crippen LogP contribution in [0.2, 0.25) is 0 Å². The number of rotatable bonds is 7. The first kappa shape index (κ1) is 11.7. The Hall–Kier alpha value is -1.36. The molecule has 0 fully saturated rings. The van der Waals surface area contributed by atoms with Gasteiger partial charge in [-0.25, -0.2) is 0 Å². The highest BCUT2D eigenvalue weighted by Gasteiger charge is 1.99. The van der Waals surface area contributed by atoms with Gasteiger partial charge < -0.3 is 11.1 Å². The van der Waals surface area contributed by atoms with Gasteiger partial charge in [0.05, 0.1) is 6.20 Å². The topological polar surface area (TPSA) is 83.8 Å². The third-order valence-electron chi connectivity index (χ3n) is 2.28. The van der Waals surface area contributed by atoms with E-state index in [0.29, 0.717) is 6.42 Å². The number of carbonyl (C=O) groups is 1. The Bertz CT molecular complexity index is 308. The smallest absolute Gasteiger partial charge is 0.217 e. The van der Waals surface area contributed by atoms with Gasteiger partial charge in [0.15, 0.2) is 0 Å². The summed E-state index contributed by atoms with van der Waals surface area (Å²) in [5.74, 6) is -0.222. The Morgan fingerprint density at radius 3 is 3.00 bits per heavy atom. The van der Waals surface area contributed by atoms with Crippen LogP contribution in [0.1, 0.15) is 30.5 Å². The average Bonchev–Trinajstić information content (AvgIpc) is 2.57. The summed E-state index contributed by atoms with van der Waals surface area (Å²) in [6.45, 7) is 3.72. The number of nitrogens with two attached hydrogens (primary N) is 1. The molecule has 4 N–H and O–H groups in total. The van der Waals surface area contributed by atoms with Crippen molar-refractivity contribution in [1.29, 1.82) is 0 Å². The number of aromatic nitrogens is 2. The van der Waals surface area contributed by atoms with Crippen LogP contribution in [0.5, 0.6) is 0 Å². The number of nitrogens with zero attached hydrogens (tertiary/aromatic N) is 1. The Kier molecular flexibility index (Phi) is 4.83. The molecule has 0 bridgehead atoms. The summed E-state index contributed by atoms with van der Waals surface area (Å²) in [6.07, 6.45) is 4.13. The van der Waals surface area contributed by atoms with Gasteiger partial charge >= 0.3 is 0 Å². The molecule has 0 atom stereocenters. The van der Waals surface area contributed by atoms with Gasteiger partial charge in [-0.1, -0.05) is 0 Å². The molecule has 0 spiro atoms. The lowest BCUT2D eigenvalue weighted by Crippen LogP contribution is -2.16. The van der Waals surface area contributed by atoms with Crippen LogP contribution in [-0.4, -0.2) is 22.6 Å². The van der Waals surface area contributed by atoms with Gasteiger partial charge in [0, 0.05) is 24.2 Å². The Morgan fingerprint density at radius 2 is 2.40 bits per heavy atom. The number of nitrogens with one attached hydrogen (secondary N) is 2. The van der Waals surface area contributed by atoms with Crippen LogP contribution in [0.25, 0.3) is 0 Å². The van der Waals surface area contributed by atoms with Crippen LogP contribution in [0, 0.1) is 6.92 Å². The predicted octanol–water partition coefficient (Wildman–Crippen LogP) is 0.463. The minimum Gasteiger partial charge on any atom is -0.370 e. The van der Waals surface area contributed by atoms with E-state index in [1.165, 1.54) is 5.56 Å². The van der Waals surface area contributed by atoms with Crippen molar-refractivity contribution < 1.29 is 4.79 Å². The number of hydrogen-bond acceptors (Lipinski definition) is 3. The number of hydrogen-bond donors (Lipinski definition) is 3. The van der Waals surface area contributed by atoms with Gasteiger partial charge in [-0.2, -0.15) is 5.10 Å². The maximum Gasteiger partial charge on any atom is 0.217 e. The summed E-state index contributed by atoms with van der Waals surface area (Å²) >= 11 is 0. The summed E-state index contributed by atoms with van der Waals surface area (Å²) < 4.78 is 0. The summed E-state index contributed by atoms with van der Waals surface area (Å²) in [7, 11) is 0. The molecule has 0 aromatic carbocycles. The van der Waals surface area contributed by atoms with Crippen molar-refractivity contribution in [2.75, 3.05) is 6.54 Å². The van der Waals surface area contributed by atoms with E-state index < -0.39 is 0 Å². The molecule has 1 heterocycles. The van der Waals surface area contributed by atoms with E-state index in [9.17, 15) is 4.79 Å². The summed E-state index contributed by atoms with van der Waals surface area (Å²) in [4.78, 5) is 10.5. The van der Waals surface area contributed by atoms with Crippen LogP contribution >= 0.6 is 0 Å². The zero-order valence-electron chi connectivity index (χ0n) is 9.05. The summed E-state index contributed by atoms with van der Waals surface area (Å²) in [6, 6.07) is 0. The molecule has 0 aliphatic carbocycles. The van der Waals surface area contributed by atoms with Crippen molar-refractivity contribution in [3.63, 3.8) is 0 Å². The standard InChI is InChI=1S/C10H18N4O/c1-8-9(7-13-14-8)6-12-5-3-2-4-10(11)15/h7,12H,2-6H2,1H3,(H2,11,15)(H,13,14). The Morgan fingerprint density at radius 1 is 1.60 bits per heavy atom. The van der Waals surface area contributed by atoms with Gasteiger partial charge in [-0.3, -0.25) is 9.89 Å². The monoisotopic (exact) mass is 210 g/mol. The number of aromatic amines is 1. The van der Waals surface area contributed by atoms with Crippen LogP contribution in [0.4, 0.5) is 0 Å². The first-order valence-corrected chi connectivity index (χ1v) is 5.18. The van der Waals surface area contributed by atoms with Crippen molar-refractivity contribution in [3.8, 4) is 0 Å². The van der Waals surface area contributed by atoms with E-state index in [1.807, 2.05) is 13.1 Å². The van der Waals surface area contributed by atoms with E-state index >= 15 is 0 Å². The highest BCUT2D eigenvalue weighted by Crippen LogP contribution is 2.01. The number of unbranched alkanes of at least 4 members (excludes halogenated alkanes) is 1. The molecule has 0 saturated carbocycles. The molecule has 84 valence electrons. The zero-order chi connectivity index (χ0) is 11.1. The quantitative estimate of drug-likeness (QED) is 0.572. The third kappa shape index (κ3) is 4.60. The van der Waals surface area contributed by atoms with Gasteiger partial charge in [0.1, 0.15) is 0 Å². The maximum atomic E-state index is 10.5. The molecule has 1 aromatic heterocycles. The van der Waals surface area contributed by atoms with E-state index in [0.717, 1.165) is 31.6 Å². The second-order valence-corrected chi connectivity index (χ2v) is 3.62. The number of primary amides is 1. The van der Waals surface area contributed by atoms with Crippen molar-refractivity contribution in [2.24, 2.45) is 5.73 Å². The second-order valence-electron chi connectivity index (χ2n) is 3.62. The van der Waals surface area contributed by atoms with Crippen LogP contribution in [0.3, 0.4) is 0 Å². The minimum atomic E-state index is -0.222. The van der Waals surface area contributed by atoms with E-state index in [-0.39, 0.29) is 5.91 Å².